The minimum absolute atomic E-state index is 1.05. The predicted octanol–water partition coefficient (Wildman–Crippen LogP) is 7.23. The van der Waals surface area contributed by atoms with Crippen LogP contribution in [0, 0.1) is 11.8 Å². The molecule has 0 radical (unpaired) electrons. The summed E-state index contributed by atoms with van der Waals surface area (Å²) in [6.45, 7) is 13.1. The molecule has 0 saturated heterocycles. The van der Waals surface area contributed by atoms with E-state index in [-0.39, 0.29) is 0 Å². The molecule has 2 aliphatic rings. The molecule has 0 aliphatic heterocycles. The number of hydrogen-bond acceptors (Lipinski definition) is 0. The van der Waals surface area contributed by atoms with Crippen LogP contribution < -0.4 is 0 Å². The van der Waals surface area contributed by atoms with Crippen molar-refractivity contribution in [3.63, 3.8) is 0 Å². The third-order valence-electron chi connectivity index (χ3n) is 3.74. The number of rotatable bonds is 2. The molecule has 0 spiro atoms. The summed E-state index contributed by atoms with van der Waals surface area (Å²) < 4.78 is 0. The molecule has 2 fully saturated rings. The fraction of sp³-hybridized carbons (Fsp3) is 1.00. The molecular weight excluding hydrogens is 216 g/mol. The standard InChI is InChI=1S/C6H12.C5H10.C5H12.C2H6/c1-6-4-2-3-5-6;1-5-3-2-4-5;1-3-5-4-2;1-2/h6H,2-5H2,1H3;5H,2-4H2,1H3;3-5H2,1-2H3;1-2H3. The van der Waals surface area contributed by atoms with E-state index < -0.39 is 0 Å². The maximum Gasteiger partial charge on any atom is -0.0443 e. The van der Waals surface area contributed by atoms with Gasteiger partial charge in [-0.15, -0.1) is 0 Å². The molecule has 0 atom stereocenters. The SMILES string of the molecule is CC.CC1CCC1.CC1CCCC1.CCCCC. The van der Waals surface area contributed by atoms with E-state index in [9.17, 15) is 0 Å². The highest BCUT2D eigenvalue weighted by Gasteiger charge is 2.09. The molecule has 0 aromatic rings. The Morgan fingerprint density at radius 3 is 1.06 bits per heavy atom. The molecule has 0 unspecified atom stereocenters. The van der Waals surface area contributed by atoms with Crippen molar-refractivity contribution in [1.29, 1.82) is 0 Å². The Balaban J connectivity index is 0. The Labute approximate surface area is 118 Å². The van der Waals surface area contributed by atoms with Gasteiger partial charge in [-0.2, -0.15) is 0 Å². The highest BCUT2D eigenvalue weighted by atomic mass is 14.1. The van der Waals surface area contributed by atoms with Gasteiger partial charge in [0.25, 0.3) is 0 Å². The van der Waals surface area contributed by atoms with Crippen LogP contribution in [-0.2, 0) is 0 Å². The topological polar surface area (TPSA) is 0 Å². The molecule has 0 aromatic heterocycles. The van der Waals surface area contributed by atoms with Crippen LogP contribution in [-0.4, -0.2) is 0 Å². The molecule has 0 amide bonds. The third-order valence-corrected chi connectivity index (χ3v) is 3.74. The summed E-state index contributed by atoms with van der Waals surface area (Å²) in [5.41, 5.74) is 0. The van der Waals surface area contributed by atoms with Gasteiger partial charge >= 0.3 is 0 Å². The van der Waals surface area contributed by atoms with Gasteiger partial charge in [-0.3, -0.25) is 0 Å². The second-order valence-corrected chi connectivity index (χ2v) is 5.78. The molecule has 0 N–H and O–H groups in total. The maximum atomic E-state index is 2.34. The minimum atomic E-state index is 1.05. The van der Waals surface area contributed by atoms with Crippen molar-refractivity contribution in [3.05, 3.63) is 0 Å². The second-order valence-electron chi connectivity index (χ2n) is 5.78. The summed E-state index contributed by atoms with van der Waals surface area (Å²) in [6, 6.07) is 0. The van der Waals surface area contributed by atoms with Crippen LogP contribution in [0.2, 0.25) is 0 Å². The Bertz CT molecular complexity index is 116. The van der Waals surface area contributed by atoms with Crippen LogP contribution >= 0.6 is 0 Å². The minimum Gasteiger partial charge on any atom is -0.0683 e. The highest BCUT2D eigenvalue weighted by molar-refractivity contribution is 4.62. The summed E-state index contributed by atoms with van der Waals surface area (Å²) in [5, 5.41) is 0. The van der Waals surface area contributed by atoms with Crippen LogP contribution in [0.5, 0.6) is 0 Å². The van der Waals surface area contributed by atoms with E-state index in [2.05, 4.69) is 27.7 Å². The maximum absolute atomic E-state index is 2.34. The zero-order chi connectivity index (χ0) is 14.2. The van der Waals surface area contributed by atoms with Crippen LogP contribution in [0.25, 0.3) is 0 Å². The molecule has 0 heteroatoms. The Morgan fingerprint density at radius 1 is 0.667 bits per heavy atom. The molecule has 18 heavy (non-hydrogen) atoms. The van der Waals surface area contributed by atoms with E-state index >= 15 is 0 Å². The van der Waals surface area contributed by atoms with Crippen molar-refractivity contribution in [2.45, 2.75) is 106 Å². The predicted molar refractivity (Wildman–Crippen MR) is 87.2 cm³/mol. The molecule has 2 rings (SSSR count). The van der Waals surface area contributed by atoms with Gasteiger partial charge in [0, 0.05) is 0 Å². The summed E-state index contributed by atoms with van der Waals surface area (Å²) >= 11 is 0. The van der Waals surface area contributed by atoms with Gasteiger partial charge in [0.1, 0.15) is 0 Å². The Kier molecular flexibility index (Phi) is 19.2. The quantitative estimate of drug-likeness (QED) is 0.489. The van der Waals surface area contributed by atoms with Gasteiger partial charge in [-0.25, -0.2) is 0 Å². The lowest BCUT2D eigenvalue weighted by Crippen LogP contribution is -2.04. The first kappa shape index (κ1) is 20.3. The molecule has 0 nitrogen and oxygen atoms in total. The van der Waals surface area contributed by atoms with E-state index in [1.165, 1.54) is 64.2 Å². The first-order chi connectivity index (χ1) is 8.70. The summed E-state index contributed by atoms with van der Waals surface area (Å²) in [6.07, 6.45) is 14.5. The Morgan fingerprint density at radius 2 is 1.00 bits per heavy atom. The van der Waals surface area contributed by atoms with Gasteiger partial charge in [-0.05, 0) is 11.8 Å². The molecule has 112 valence electrons. The zero-order valence-electron chi connectivity index (χ0n) is 14.2. The number of unbranched alkanes of at least 4 members (excludes halogenated alkanes) is 2. The molecule has 0 heterocycles. The summed E-state index contributed by atoms with van der Waals surface area (Å²) in [4.78, 5) is 0. The average molecular weight is 257 g/mol. The van der Waals surface area contributed by atoms with Gasteiger partial charge in [0.15, 0.2) is 0 Å². The van der Waals surface area contributed by atoms with Crippen LogP contribution in [0.4, 0.5) is 0 Å². The van der Waals surface area contributed by atoms with Gasteiger partial charge < -0.3 is 0 Å². The van der Waals surface area contributed by atoms with E-state index in [0.29, 0.717) is 0 Å². The molecule has 0 aromatic carbocycles. The largest absolute Gasteiger partial charge is 0.0683 e. The van der Waals surface area contributed by atoms with E-state index in [1.807, 2.05) is 13.8 Å². The number of hydrogen-bond donors (Lipinski definition) is 0. The zero-order valence-corrected chi connectivity index (χ0v) is 14.2. The molecule has 2 saturated carbocycles. The lowest BCUT2D eigenvalue weighted by molar-refractivity contribution is 0.346. The van der Waals surface area contributed by atoms with Crippen molar-refractivity contribution in [2.75, 3.05) is 0 Å². The molecule has 0 bridgehead atoms. The lowest BCUT2D eigenvalue weighted by atomic mass is 9.88. The van der Waals surface area contributed by atoms with Gasteiger partial charge in [0.05, 0.1) is 0 Å². The summed E-state index contributed by atoms with van der Waals surface area (Å²) in [5.74, 6) is 2.11. The van der Waals surface area contributed by atoms with Gasteiger partial charge in [-0.1, -0.05) is 106 Å². The average Bonchev–Trinajstić information content (AvgIpc) is 2.83. The van der Waals surface area contributed by atoms with Crippen molar-refractivity contribution in [1.82, 2.24) is 0 Å². The van der Waals surface area contributed by atoms with E-state index in [0.717, 1.165) is 11.8 Å². The molecular formula is C18H40. The van der Waals surface area contributed by atoms with Crippen LogP contribution in [0.3, 0.4) is 0 Å². The van der Waals surface area contributed by atoms with Crippen molar-refractivity contribution < 1.29 is 0 Å². The Hall–Kier alpha value is 0. The van der Waals surface area contributed by atoms with Crippen molar-refractivity contribution in [3.8, 4) is 0 Å². The summed E-state index contributed by atoms with van der Waals surface area (Å²) in [7, 11) is 0. The first-order valence-corrected chi connectivity index (χ1v) is 8.70. The van der Waals surface area contributed by atoms with Crippen LogP contribution in [0.15, 0.2) is 0 Å². The fourth-order valence-corrected chi connectivity index (χ4v) is 2.10. The van der Waals surface area contributed by atoms with E-state index in [1.54, 1.807) is 0 Å². The highest BCUT2D eigenvalue weighted by Crippen LogP contribution is 2.24. The van der Waals surface area contributed by atoms with Crippen molar-refractivity contribution in [2.24, 2.45) is 11.8 Å². The first-order valence-electron chi connectivity index (χ1n) is 8.70. The van der Waals surface area contributed by atoms with Crippen molar-refractivity contribution >= 4 is 0 Å². The normalized spacial score (nSPS) is 18.3. The fourth-order valence-electron chi connectivity index (χ4n) is 2.10. The second kappa shape index (κ2) is 17.0. The monoisotopic (exact) mass is 256 g/mol. The lowest BCUT2D eigenvalue weighted by Gasteiger charge is -2.18. The third kappa shape index (κ3) is 16.0. The van der Waals surface area contributed by atoms with Gasteiger partial charge in [0.2, 0.25) is 0 Å². The smallest absolute Gasteiger partial charge is 0.0443 e. The van der Waals surface area contributed by atoms with Crippen LogP contribution in [0.1, 0.15) is 106 Å². The molecule has 2 aliphatic carbocycles. The van der Waals surface area contributed by atoms with E-state index in [4.69, 9.17) is 0 Å².